The van der Waals surface area contributed by atoms with Crippen LogP contribution in [0.1, 0.15) is 29.8 Å². The van der Waals surface area contributed by atoms with Crippen LogP contribution >= 0.6 is 0 Å². The molecule has 3 amide bonds. The number of amides is 3. The molecule has 0 saturated heterocycles. The van der Waals surface area contributed by atoms with Gasteiger partial charge in [-0.2, -0.15) is 13.2 Å². The van der Waals surface area contributed by atoms with Crippen LogP contribution in [-0.4, -0.2) is 62.8 Å². The largest absolute Gasteiger partial charge is 0.491 e. The lowest BCUT2D eigenvalue weighted by atomic mass is 10.0. The summed E-state index contributed by atoms with van der Waals surface area (Å²) in [6.07, 6.45) is -4.61. The molecule has 0 radical (unpaired) electrons. The van der Waals surface area contributed by atoms with Crippen molar-refractivity contribution in [1.82, 2.24) is 10.2 Å². The maximum absolute atomic E-state index is 13.2. The second-order valence-corrected chi connectivity index (χ2v) is 8.92. The number of benzene rings is 2. The van der Waals surface area contributed by atoms with Gasteiger partial charge in [-0.1, -0.05) is 6.92 Å². The summed E-state index contributed by atoms with van der Waals surface area (Å²) >= 11 is 0. The van der Waals surface area contributed by atoms with Crippen molar-refractivity contribution in [3.8, 4) is 5.75 Å². The van der Waals surface area contributed by atoms with Gasteiger partial charge in [0.15, 0.2) is 0 Å². The third-order valence-electron chi connectivity index (χ3n) is 5.96. The number of carbonyl (C=O) groups is 2. The summed E-state index contributed by atoms with van der Waals surface area (Å²) in [5, 5.41) is 8.50. The minimum Gasteiger partial charge on any atom is -0.491 e. The number of fused-ring (bicyclic) bond motifs is 1. The van der Waals surface area contributed by atoms with E-state index in [0.717, 1.165) is 12.1 Å². The third kappa shape index (κ3) is 7.11. The minimum atomic E-state index is -4.46. The van der Waals surface area contributed by atoms with Crippen LogP contribution in [0.5, 0.6) is 5.75 Å². The first kappa shape index (κ1) is 27.3. The monoisotopic (exact) mass is 508 g/mol. The van der Waals surface area contributed by atoms with Gasteiger partial charge in [-0.25, -0.2) is 4.79 Å². The van der Waals surface area contributed by atoms with Gasteiger partial charge in [-0.05, 0) is 49.2 Å². The summed E-state index contributed by atoms with van der Waals surface area (Å²) in [5.41, 5.74) is 0.0722. The summed E-state index contributed by atoms with van der Waals surface area (Å²) < 4.78 is 49.8. The molecule has 2 aromatic carbocycles. The lowest BCUT2D eigenvalue weighted by molar-refractivity contribution is -0.137. The fraction of sp³-hybridized carbons (Fsp3) is 0.440. The second kappa shape index (κ2) is 11.6. The second-order valence-electron chi connectivity index (χ2n) is 8.92. The number of anilines is 2. The zero-order valence-corrected chi connectivity index (χ0v) is 20.6. The first-order valence-electron chi connectivity index (χ1n) is 11.5. The Morgan fingerprint density at radius 3 is 2.39 bits per heavy atom. The fourth-order valence-electron chi connectivity index (χ4n) is 3.77. The molecule has 11 heteroatoms. The molecular weight excluding hydrogens is 477 g/mol. The lowest BCUT2D eigenvalue weighted by Gasteiger charge is -2.30. The Labute approximate surface area is 208 Å². The molecule has 1 aliphatic heterocycles. The van der Waals surface area contributed by atoms with Crippen LogP contribution in [0.25, 0.3) is 0 Å². The Kier molecular flexibility index (Phi) is 8.80. The molecule has 8 nitrogen and oxygen atoms in total. The van der Waals surface area contributed by atoms with E-state index in [1.807, 2.05) is 6.92 Å². The maximum atomic E-state index is 13.2. The molecule has 0 saturated carbocycles. The van der Waals surface area contributed by atoms with Gasteiger partial charge >= 0.3 is 12.2 Å². The maximum Gasteiger partial charge on any atom is 0.416 e. The standard InChI is InChI=1S/C25H31F3N4O4/c1-15-12-29-16(2)14-36-21-11-19(9-10-20(21)23(33)32(3)13-22(15)35-4)31-24(34)30-18-7-5-17(6-8-18)25(26,27)28/h5-11,15-16,22,29H,12-14H2,1-4H3,(H2,30,31,34)/t15-,16+,22+/m0/s1. The van der Waals surface area contributed by atoms with Gasteiger partial charge in [0.2, 0.25) is 0 Å². The van der Waals surface area contributed by atoms with E-state index >= 15 is 0 Å². The van der Waals surface area contributed by atoms with Crippen molar-refractivity contribution in [3.63, 3.8) is 0 Å². The number of hydrogen-bond acceptors (Lipinski definition) is 5. The van der Waals surface area contributed by atoms with Gasteiger partial charge in [0.1, 0.15) is 12.4 Å². The highest BCUT2D eigenvalue weighted by Crippen LogP contribution is 2.30. The van der Waals surface area contributed by atoms with E-state index in [2.05, 4.69) is 22.9 Å². The molecule has 0 aromatic heterocycles. The molecule has 0 bridgehead atoms. The highest BCUT2D eigenvalue weighted by atomic mass is 19.4. The van der Waals surface area contributed by atoms with Gasteiger partial charge < -0.3 is 30.3 Å². The van der Waals surface area contributed by atoms with Crippen LogP contribution in [-0.2, 0) is 10.9 Å². The van der Waals surface area contributed by atoms with Crippen molar-refractivity contribution in [2.75, 3.05) is 44.5 Å². The molecule has 1 heterocycles. The average molecular weight is 509 g/mol. The summed E-state index contributed by atoms with van der Waals surface area (Å²) in [6.45, 7) is 5.38. The number of halogens is 3. The van der Waals surface area contributed by atoms with Crippen LogP contribution in [0, 0.1) is 5.92 Å². The SMILES string of the molecule is CO[C@@H]1CN(C)C(=O)c2ccc(NC(=O)Nc3ccc(C(F)(F)F)cc3)cc2OC[C@@H](C)NC[C@@H]1C. The topological polar surface area (TPSA) is 91.9 Å². The number of methoxy groups -OCH3 is 1. The van der Waals surface area contributed by atoms with Crippen molar-refractivity contribution in [3.05, 3.63) is 53.6 Å². The van der Waals surface area contributed by atoms with E-state index in [0.29, 0.717) is 30.1 Å². The molecule has 0 fully saturated rings. The molecule has 0 aliphatic carbocycles. The van der Waals surface area contributed by atoms with Crippen molar-refractivity contribution in [2.45, 2.75) is 32.2 Å². The Morgan fingerprint density at radius 1 is 1.11 bits per heavy atom. The highest BCUT2D eigenvalue weighted by molar-refractivity contribution is 6.01. The van der Waals surface area contributed by atoms with Gasteiger partial charge in [0.05, 0.1) is 17.2 Å². The quantitative estimate of drug-likeness (QED) is 0.570. The van der Waals surface area contributed by atoms with E-state index in [1.165, 1.54) is 12.1 Å². The molecule has 3 atom stereocenters. The van der Waals surface area contributed by atoms with E-state index in [4.69, 9.17) is 9.47 Å². The van der Waals surface area contributed by atoms with E-state index in [1.54, 1.807) is 37.3 Å². The van der Waals surface area contributed by atoms with Crippen molar-refractivity contribution in [1.29, 1.82) is 0 Å². The number of urea groups is 1. The zero-order valence-electron chi connectivity index (χ0n) is 20.6. The van der Waals surface area contributed by atoms with E-state index in [-0.39, 0.29) is 36.3 Å². The predicted octanol–water partition coefficient (Wildman–Crippen LogP) is 4.44. The van der Waals surface area contributed by atoms with Crippen molar-refractivity contribution < 1.29 is 32.2 Å². The first-order valence-corrected chi connectivity index (χ1v) is 11.5. The number of hydrogen-bond donors (Lipinski definition) is 3. The minimum absolute atomic E-state index is 0.00959. The molecule has 1 aliphatic rings. The van der Waals surface area contributed by atoms with Gasteiger partial charge in [0, 0.05) is 50.7 Å². The molecule has 0 spiro atoms. The van der Waals surface area contributed by atoms with Crippen LogP contribution in [0.3, 0.4) is 0 Å². The smallest absolute Gasteiger partial charge is 0.416 e. The highest BCUT2D eigenvalue weighted by Gasteiger charge is 2.30. The molecule has 196 valence electrons. The normalized spacial score (nSPS) is 21.5. The number of nitrogens with zero attached hydrogens (tertiary/aromatic N) is 1. The molecule has 36 heavy (non-hydrogen) atoms. The lowest BCUT2D eigenvalue weighted by Crippen LogP contribution is -2.44. The summed E-state index contributed by atoms with van der Waals surface area (Å²) in [4.78, 5) is 27.2. The molecule has 3 N–H and O–H groups in total. The van der Waals surface area contributed by atoms with Crippen LogP contribution in [0.15, 0.2) is 42.5 Å². The van der Waals surface area contributed by atoms with E-state index in [9.17, 15) is 22.8 Å². The molecule has 2 aromatic rings. The fourth-order valence-corrected chi connectivity index (χ4v) is 3.77. The van der Waals surface area contributed by atoms with E-state index < -0.39 is 17.8 Å². The number of ether oxygens (including phenoxy) is 2. The third-order valence-corrected chi connectivity index (χ3v) is 5.96. The van der Waals surface area contributed by atoms with Crippen LogP contribution in [0.4, 0.5) is 29.3 Å². The number of nitrogens with one attached hydrogen (secondary N) is 3. The first-order chi connectivity index (χ1) is 17.0. The average Bonchev–Trinajstić information content (AvgIpc) is 2.83. The van der Waals surface area contributed by atoms with Crippen LogP contribution in [0.2, 0.25) is 0 Å². The number of likely N-dealkylation sites (N-methyl/N-ethyl adjacent to an activating group) is 1. The van der Waals surface area contributed by atoms with Crippen molar-refractivity contribution >= 4 is 23.3 Å². The van der Waals surface area contributed by atoms with Crippen molar-refractivity contribution in [2.24, 2.45) is 5.92 Å². The van der Waals surface area contributed by atoms with Gasteiger partial charge in [0.25, 0.3) is 5.91 Å². The Bertz CT molecular complexity index is 1060. The van der Waals surface area contributed by atoms with Gasteiger partial charge in [-0.3, -0.25) is 4.79 Å². The molecule has 3 rings (SSSR count). The predicted molar refractivity (Wildman–Crippen MR) is 130 cm³/mol. The molecule has 0 unspecified atom stereocenters. The summed E-state index contributed by atoms with van der Waals surface area (Å²) in [6, 6.07) is 8.11. The summed E-state index contributed by atoms with van der Waals surface area (Å²) in [5.74, 6) is 0.220. The number of carbonyl (C=O) groups excluding carboxylic acids is 2. The number of rotatable bonds is 3. The Balaban J connectivity index is 1.76. The van der Waals surface area contributed by atoms with Crippen LogP contribution < -0.4 is 20.7 Å². The number of alkyl halides is 3. The zero-order chi connectivity index (χ0) is 26.5. The Hall–Kier alpha value is -3.31. The molecular formula is C25H31F3N4O4. The Morgan fingerprint density at radius 2 is 1.75 bits per heavy atom. The summed E-state index contributed by atoms with van der Waals surface area (Å²) in [7, 11) is 3.32. The van der Waals surface area contributed by atoms with Gasteiger partial charge in [-0.15, -0.1) is 0 Å².